The molecule has 1 aromatic carbocycles. The Morgan fingerprint density at radius 1 is 1.11 bits per heavy atom. The van der Waals surface area contributed by atoms with E-state index in [1.54, 1.807) is 0 Å². The summed E-state index contributed by atoms with van der Waals surface area (Å²) >= 11 is 0. The number of benzene rings is 1. The molecule has 0 N–H and O–H groups in total. The molecule has 0 atom stereocenters. The van der Waals surface area contributed by atoms with Crippen LogP contribution in [-0.2, 0) is 6.54 Å². The topological polar surface area (TPSA) is 6.48 Å². The van der Waals surface area contributed by atoms with Gasteiger partial charge in [-0.3, -0.25) is 4.90 Å². The molecular formula is C16H26N2. The van der Waals surface area contributed by atoms with E-state index in [0.29, 0.717) is 0 Å². The molecule has 0 radical (unpaired) electrons. The van der Waals surface area contributed by atoms with Gasteiger partial charge in [-0.05, 0) is 44.6 Å². The van der Waals surface area contributed by atoms with Gasteiger partial charge in [-0.15, -0.1) is 0 Å². The Labute approximate surface area is 112 Å². The summed E-state index contributed by atoms with van der Waals surface area (Å²) in [4.78, 5) is 5.20. The summed E-state index contributed by atoms with van der Waals surface area (Å²) in [5, 5.41) is 0. The van der Waals surface area contributed by atoms with Crippen LogP contribution in [0.15, 0.2) is 30.3 Å². The first-order valence-corrected chi connectivity index (χ1v) is 7.33. The quantitative estimate of drug-likeness (QED) is 0.788. The summed E-state index contributed by atoms with van der Waals surface area (Å²) in [5.41, 5.74) is 1.44. The van der Waals surface area contributed by atoms with Gasteiger partial charge in [0.1, 0.15) is 0 Å². The molecular weight excluding hydrogens is 220 g/mol. The molecule has 1 aliphatic heterocycles. The van der Waals surface area contributed by atoms with Gasteiger partial charge >= 0.3 is 0 Å². The number of nitrogens with zero attached hydrogens (tertiary/aromatic N) is 2. The fourth-order valence-electron chi connectivity index (χ4n) is 2.92. The minimum atomic E-state index is 0.776. The smallest absolute Gasteiger partial charge is 0.0236 e. The molecule has 0 bridgehead atoms. The Hall–Kier alpha value is -0.860. The van der Waals surface area contributed by atoms with Gasteiger partial charge in [-0.25, -0.2) is 0 Å². The van der Waals surface area contributed by atoms with Gasteiger partial charge < -0.3 is 4.90 Å². The van der Waals surface area contributed by atoms with E-state index in [1.807, 2.05) is 0 Å². The second kappa shape index (κ2) is 6.91. The maximum Gasteiger partial charge on any atom is 0.0236 e. The summed E-state index contributed by atoms with van der Waals surface area (Å²) in [6.45, 7) is 10.6. The van der Waals surface area contributed by atoms with Crippen molar-refractivity contribution in [1.82, 2.24) is 9.80 Å². The Kier molecular flexibility index (Phi) is 5.21. The van der Waals surface area contributed by atoms with Crippen LogP contribution in [0.1, 0.15) is 32.3 Å². The molecule has 18 heavy (non-hydrogen) atoms. The van der Waals surface area contributed by atoms with Crippen molar-refractivity contribution in [2.45, 2.75) is 39.3 Å². The predicted molar refractivity (Wildman–Crippen MR) is 77.7 cm³/mol. The molecule has 2 nitrogen and oxygen atoms in total. The van der Waals surface area contributed by atoms with Crippen LogP contribution in [0.4, 0.5) is 0 Å². The Morgan fingerprint density at radius 3 is 2.33 bits per heavy atom. The Bertz CT molecular complexity index is 328. The van der Waals surface area contributed by atoms with E-state index in [2.05, 4.69) is 54.0 Å². The molecule has 1 heterocycles. The van der Waals surface area contributed by atoms with Crippen LogP contribution < -0.4 is 0 Å². The van der Waals surface area contributed by atoms with Crippen LogP contribution in [0, 0.1) is 0 Å². The number of hydrogen-bond donors (Lipinski definition) is 0. The number of rotatable bonds is 5. The average molecular weight is 246 g/mol. The van der Waals surface area contributed by atoms with Crippen LogP contribution in [0.5, 0.6) is 0 Å². The lowest BCUT2D eigenvalue weighted by Crippen LogP contribution is -2.44. The van der Waals surface area contributed by atoms with Crippen molar-refractivity contribution in [1.29, 1.82) is 0 Å². The predicted octanol–water partition coefficient (Wildman–Crippen LogP) is 2.99. The van der Waals surface area contributed by atoms with Crippen molar-refractivity contribution >= 4 is 0 Å². The molecule has 0 unspecified atom stereocenters. The van der Waals surface area contributed by atoms with Crippen LogP contribution in [0.3, 0.4) is 0 Å². The van der Waals surface area contributed by atoms with Gasteiger partial charge in [-0.2, -0.15) is 0 Å². The SMILES string of the molecule is CCN1CCC(N(CC)Cc2ccccc2)CC1. The van der Waals surface area contributed by atoms with Crippen LogP contribution in [-0.4, -0.2) is 42.0 Å². The van der Waals surface area contributed by atoms with E-state index >= 15 is 0 Å². The van der Waals surface area contributed by atoms with E-state index < -0.39 is 0 Å². The third-order valence-electron chi connectivity index (χ3n) is 4.16. The highest BCUT2D eigenvalue weighted by Gasteiger charge is 2.22. The second-order valence-corrected chi connectivity index (χ2v) is 5.21. The van der Waals surface area contributed by atoms with E-state index in [0.717, 1.165) is 19.1 Å². The molecule has 0 aromatic heterocycles. The molecule has 1 fully saturated rings. The van der Waals surface area contributed by atoms with Gasteiger partial charge in [0.05, 0.1) is 0 Å². The third-order valence-corrected chi connectivity index (χ3v) is 4.16. The van der Waals surface area contributed by atoms with Crippen LogP contribution >= 0.6 is 0 Å². The zero-order valence-corrected chi connectivity index (χ0v) is 11.8. The highest BCUT2D eigenvalue weighted by atomic mass is 15.2. The molecule has 2 rings (SSSR count). The summed E-state index contributed by atoms with van der Waals surface area (Å²) in [6, 6.07) is 11.6. The zero-order valence-electron chi connectivity index (χ0n) is 11.8. The van der Waals surface area contributed by atoms with E-state index in [9.17, 15) is 0 Å². The van der Waals surface area contributed by atoms with Gasteiger partial charge in [0.2, 0.25) is 0 Å². The maximum atomic E-state index is 2.64. The van der Waals surface area contributed by atoms with Crippen molar-refractivity contribution in [3.8, 4) is 0 Å². The normalized spacial score (nSPS) is 18.4. The minimum absolute atomic E-state index is 0.776. The summed E-state index contributed by atoms with van der Waals surface area (Å²) in [7, 11) is 0. The number of likely N-dealkylation sites (tertiary alicyclic amines) is 1. The van der Waals surface area contributed by atoms with Crippen LogP contribution in [0.2, 0.25) is 0 Å². The largest absolute Gasteiger partial charge is 0.303 e. The summed E-state index contributed by atoms with van der Waals surface area (Å²) in [5.74, 6) is 0. The average Bonchev–Trinajstić information content (AvgIpc) is 2.46. The molecule has 1 saturated heterocycles. The monoisotopic (exact) mass is 246 g/mol. The molecule has 0 amide bonds. The molecule has 0 aliphatic carbocycles. The van der Waals surface area contributed by atoms with E-state index in [1.165, 1.54) is 38.0 Å². The number of hydrogen-bond acceptors (Lipinski definition) is 2. The lowest BCUT2D eigenvalue weighted by molar-refractivity contribution is 0.110. The highest BCUT2D eigenvalue weighted by Crippen LogP contribution is 2.18. The third kappa shape index (κ3) is 3.56. The van der Waals surface area contributed by atoms with Crippen molar-refractivity contribution < 1.29 is 0 Å². The number of piperidine rings is 1. The van der Waals surface area contributed by atoms with Gasteiger partial charge in [-0.1, -0.05) is 44.2 Å². The standard InChI is InChI=1S/C16H26N2/c1-3-17-12-10-16(11-13-17)18(4-2)14-15-8-6-5-7-9-15/h5-9,16H,3-4,10-14H2,1-2H3. The lowest BCUT2D eigenvalue weighted by Gasteiger charge is -2.37. The summed E-state index contributed by atoms with van der Waals surface area (Å²) < 4.78 is 0. The van der Waals surface area contributed by atoms with Crippen LogP contribution in [0.25, 0.3) is 0 Å². The summed E-state index contributed by atoms with van der Waals surface area (Å²) in [6.07, 6.45) is 2.66. The first-order valence-electron chi connectivity index (χ1n) is 7.33. The van der Waals surface area contributed by atoms with Gasteiger partial charge in [0, 0.05) is 12.6 Å². The Morgan fingerprint density at radius 2 is 1.78 bits per heavy atom. The zero-order chi connectivity index (χ0) is 12.8. The highest BCUT2D eigenvalue weighted by molar-refractivity contribution is 5.14. The molecule has 1 aliphatic rings. The second-order valence-electron chi connectivity index (χ2n) is 5.21. The van der Waals surface area contributed by atoms with E-state index in [4.69, 9.17) is 0 Å². The van der Waals surface area contributed by atoms with Crippen molar-refractivity contribution in [3.05, 3.63) is 35.9 Å². The molecule has 0 saturated carbocycles. The van der Waals surface area contributed by atoms with Gasteiger partial charge in [0.25, 0.3) is 0 Å². The first-order chi connectivity index (χ1) is 8.83. The fraction of sp³-hybridized carbons (Fsp3) is 0.625. The molecule has 2 heteroatoms. The minimum Gasteiger partial charge on any atom is -0.303 e. The van der Waals surface area contributed by atoms with Crippen molar-refractivity contribution in [2.24, 2.45) is 0 Å². The first kappa shape index (κ1) is 13.6. The van der Waals surface area contributed by atoms with Crippen molar-refractivity contribution in [2.75, 3.05) is 26.2 Å². The van der Waals surface area contributed by atoms with Gasteiger partial charge in [0.15, 0.2) is 0 Å². The van der Waals surface area contributed by atoms with E-state index in [-0.39, 0.29) is 0 Å². The maximum absolute atomic E-state index is 2.64. The fourth-order valence-corrected chi connectivity index (χ4v) is 2.92. The molecule has 0 spiro atoms. The Balaban J connectivity index is 1.89. The van der Waals surface area contributed by atoms with Crippen molar-refractivity contribution in [3.63, 3.8) is 0 Å². The lowest BCUT2D eigenvalue weighted by atomic mass is 10.0. The molecule has 100 valence electrons. The molecule has 1 aromatic rings.